The van der Waals surface area contributed by atoms with E-state index < -0.39 is 22.2 Å². The van der Waals surface area contributed by atoms with Gasteiger partial charge in [-0.25, -0.2) is 13.1 Å². The summed E-state index contributed by atoms with van der Waals surface area (Å²) in [6, 6.07) is -1.73. The standard InChI is InChI=1S/C9H17F3N2O2S/c1-17(15,16)13-6-5-7-3-2-4-8(14-7)9(10,11)12/h7-8,13-14H,2-6H2,1H3. The summed E-state index contributed by atoms with van der Waals surface area (Å²) in [6.45, 7) is 0.168. The van der Waals surface area contributed by atoms with E-state index in [1.54, 1.807) is 0 Å². The van der Waals surface area contributed by atoms with Gasteiger partial charge in [0.05, 0.1) is 6.26 Å². The van der Waals surface area contributed by atoms with Gasteiger partial charge in [-0.2, -0.15) is 13.2 Å². The van der Waals surface area contributed by atoms with Gasteiger partial charge in [0, 0.05) is 12.6 Å². The molecular formula is C9H17F3N2O2S. The normalized spacial score (nSPS) is 27.1. The molecule has 1 heterocycles. The Labute approximate surface area is 99.0 Å². The zero-order valence-corrected chi connectivity index (χ0v) is 10.4. The third-order valence-electron chi connectivity index (χ3n) is 2.73. The Bertz CT molecular complexity index is 343. The lowest BCUT2D eigenvalue weighted by atomic mass is 9.96. The van der Waals surface area contributed by atoms with E-state index in [-0.39, 0.29) is 19.0 Å². The molecule has 0 amide bonds. The summed E-state index contributed by atoms with van der Waals surface area (Å²) in [5.41, 5.74) is 0. The Morgan fingerprint density at radius 2 is 2.00 bits per heavy atom. The molecule has 102 valence electrons. The first-order chi connectivity index (χ1) is 7.68. The van der Waals surface area contributed by atoms with Gasteiger partial charge in [0.15, 0.2) is 0 Å². The molecule has 4 nitrogen and oxygen atoms in total. The summed E-state index contributed by atoms with van der Waals surface area (Å²) >= 11 is 0. The minimum absolute atomic E-state index is 0.0967. The van der Waals surface area contributed by atoms with Crippen LogP contribution in [0.2, 0.25) is 0 Å². The molecule has 0 saturated carbocycles. The second-order valence-corrected chi connectivity index (χ2v) is 6.18. The van der Waals surface area contributed by atoms with Crippen molar-refractivity contribution in [3.8, 4) is 0 Å². The largest absolute Gasteiger partial charge is 0.403 e. The molecule has 0 aromatic rings. The molecule has 1 saturated heterocycles. The number of sulfonamides is 1. The summed E-state index contributed by atoms with van der Waals surface area (Å²) < 4.78 is 61.2. The number of rotatable bonds is 4. The lowest BCUT2D eigenvalue weighted by molar-refractivity contribution is -0.163. The van der Waals surface area contributed by atoms with Gasteiger partial charge in [0.25, 0.3) is 0 Å². The number of alkyl halides is 3. The lowest BCUT2D eigenvalue weighted by Gasteiger charge is -2.32. The molecule has 0 aromatic heterocycles. The summed E-state index contributed by atoms with van der Waals surface area (Å²) in [5, 5.41) is 2.52. The zero-order valence-electron chi connectivity index (χ0n) is 9.55. The highest BCUT2D eigenvalue weighted by molar-refractivity contribution is 7.88. The van der Waals surface area contributed by atoms with Crippen LogP contribution in [0.5, 0.6) is 0 Å². The van der Waals surface area contributed by atoms with Crippen LogP contribution in [0.25, 0.3) is 0 Å². The van der Waals surface area contributed by atoms with Crippen LogP contribution in [0.15, 0.2) is 0 Å². The smallest absolute Gasteiger partial charge is 0.303 e. The van der Waals surface area contributed by atoms with E-state index in [9.17, 15) is 21.6 Å². The third kappa shape index (κ3) is 5.69. The van der Waals surface area contributed by atoms with Gasteiger partial charge in [-0.15, -0.1) is 0 Å². The van der Waals surface area contributed by atoms with E-state index >= 15 is 0 Å². The predicted molar refractivity (Wildman–Crippen MR) is 58.1 cm³/mol. The summed E-state index contributed by atoms with van der Waals surface area (Å²) in [5.74, 6) is 0. The Morgan fingerprint density at radius 3 is 2.53 bits per heavy atom. The molecule has 0 bridgehead atoms. The first kappa shape index (κ1) is 14.7. The van der Waals surface area contributed by atoms with Crippen molar-refractivity contribution in [3.63, 3.8) is 0 Å². The van der Waals surface area contributed by atoms with Crippen molar-refractivity contribution in [1.29, 1.82) is 0 Å². The molecule has 2 N–H and O–H groups in total. The van der Waals surface area contributed by atoms with Crippen LogP contribution >= 0.6 is 0 Å². The van der Waals surface area contributed by atoms with Crippen molar-refractivity contribution < 1.29 is 21.6 Å². The second kappa shape index (κ2) is 5.53. The second-order valence-electron chi connectivity index (χ2n) is 4.34. The molecule has 1 aliphatic rings. The van der Waals surface area contributed by atoms with Gasteiger partial charge in [-0.05, 0) is 19.3 Å². The highest BCUT2D eigenvalue weighted by Gasteiger charge is 2.41. The molecule has 2 atom stereocenters. The van der Waals surface area contributed by atoms with E-state index in [1.165, 1.54) is 0 Å². The minimum Gasteiger partial charge on any atom is -0.303 e. The molecule has 1 rings (SSSR count). The average Bonchev–Trinajstić information content (AvgIpc) is 2.15. The highest BCUT2D eigenvalue weighted by Crippen LogP contribution is 2.28. The first-order valence-corrected chi connectivity index (χ1v) is 7.35. The minimum atomic E-state index is -4.22. The Kier molecular flexibility index (Phi) is 4.79. The zero-order chi connectivity index (χ0) is 13.1. The molecule has 17 heavy (non-hydrogen) atoms. The molecular weight excluding hydrogens is 257 g/mol. The van der Waals surface area contributed by atoms with Crippen molar-refractivity contribution in [2.24, 2.45) is 0 Å². The van der Waals surface area contributed by atoms with Crippen LogP contribution in [0, 0.1) is 0 Å². The summed E-state index contributed by atoms with van der Waals surface area (Å²) in [7, 11) is -3.27. The van der Waals surface area contributed by atoms with Crippen LogP contribution in [0.4, 0.5) is 13.2 Å². The number of hydrogen-bond acceptors (Lipinski definition) is 3. The Morgan fingerprint density at radius 1 is 1.35 bits per heavy atom. The average molecular weight is 274 g/mol. The van der Waals surface area contributed by atoms with E-state index in [4.69, 9.17) is 0 Å². The van der Waals surface area contributed by atoms with Crippen LogP contribution in [0.3, 0.4) is 0 Å². The van der Waals surface area contributed by atoms with Crippen LogP contribution in [-0.2, 0) is 10.0 Å². The quantitative estimate of drug-likeness (QED) is 0.804. The first-order valence-electron chi connectivity index (χ1n) is 5.46. The van der Waals surface area contributed by atoms with Crippen molar-refractivity contribution >= 4 is 10.0 Å². The summed E-state index contributed by atoms with van der Waals surface area (Å²) in [4.78, 5) is 0. The molecule has 2 unspecified atom stereocenters. The lowest BCUT2D eigenvalue weighted by Crippen LogP contribution is -2.51. The fraction of sp³-hybridized carbons (Fsp3) is 1.00. The van der Waals surface area contributed by atoms with E-state index in [0.717, 1.165) is 6.26 Å². The third-order valence-corrected chi connectivity index (χ3v) is 3.46. The van der Waals surface area contributed by atoms with Gasteiger partial charge in [-0.1, -0.05) is 6.42 Å². The van der Waals surface area contributed by atoms with Gasteiger partial charge in [0.2, 0.25) is 10.0 Å². The molecule has 8 heteroatoms. The van der Waals surface area contributed by atoms with Crippen molar-refractivity contribution in [3.05, 3.63) is 0 Å². The van der Waals surface area contributed by atoms with Crippen molar-refractivity contribution in [2.45, 2.75) is 43.9 Å². The molecule has 0 aliphatic carbocycles. The van der Waals surface area contributed by atoms with Crippen molar-refractivity contribution in [2.75, 3.05) is 12.8 Å². The van der Waals surface area contributed by atoms with Crippen LogP contribution in [-0.4, -0.2) is 39.5 Å². The van der Waals surface area contributed by atoms with Gasteiger partial charge >= 0.3 is 6.18 Å². The topological polar surface area (TPSA) is 58.2 Å². The molecule has 0 aromatic carbocycles. The predicted octanol–water partition coefficient (Wildman–Crippen LogP) is 0.999. The SMILES string of the molecule is CS(=O)(=O)NCCC1CCCC(C(F)(F)F)N1. The fourth-order valence-electron chi connectivity index (χ4n) is 1.92. The van der Waals surface area contributed by atoms with Crippen LogP contribution < -0.4 is 10.0 Å². The fourth-order valence-corrected chi connectivity index (χ4v) is 2.41. The number of nitrogens with one attached hydrogen (secondary N) is 2. The van der Waals surface area contributed by atoms with E-state index in [2.05, 4.69) is 10.0 Å². The van der Waals surface area contributed by atoms with Crippen molar-refractivity contribution in [1.82, 2.24) is 10.0 Å². The van der Waals surface area contributed by atoms with Crippen LogP contribution in [0.1, 0.15) is 25.7 Å². The maximum atomic E-state index is 12.5. The number of hydrogen-bond donors (Lipinski definition) is 2. The highest BCUT2D eigenvalue weighted by atomic mass is 32.2. The van der Waals surface area contributed by atoms with Gasteiger partial charge in [-0.3, -0.25) is 0 Å². The van der Waals surface area contributed by atoms with Gasteiger partial charge in [0.1, 0.15) is 6.04 Å². The monoisotopic (exact) mass is 274 g/mol. The van der Waals surface area contributed by atoms with E-state index in [0.29, 0.717) is 19.3 Å². The Balaban J connectivity index is 2.35. The molecule has 0 radical (unpaired) electrons. The summed E-state index contributed by atoms with van der Waals surface area (Å²) in [6.07, 6.45) is -1.55. The molecule has 1 aliphatic heterocycles. The molecule has 0 spiro atoms. The maximum absolute atomic E-state index is 12.5. The number of piperidine rings is 1. The number of halogens is 3. The van der Waals surface area contributed by atoms with Gasteiger partial charge < -0.3 is 5.32 Å². The maximum Gasteiger partial charge on any atom is 0.403 e. The molecule has 1 fully saturated rings. The Hall–Kier alpha value is -0.340. The van der Waals surface area contributed by atoms with E-state index in [1.807, 2.05) is 0 Å².